The van der Waals surface area contributed by atoms with E-state index in [0.717, 1.165) is 12.3 Å². The summed E-state index contributed by atoms with van der Waals surface area (Å²) in [7, 11) is 1.39. The van der Waals surface area contributed by atoms with Gasteiger partial charge >= 0.3 is 5.97 Å². The quantitative estimate of drug-likeness (QED) is 0.551. The molecule has 1 saturated heterocycles. The molecule has 0 amide bonds. The van der Waals surface area contributed by atoms with Gasteiger partial charge in [0.1, 0.15) is 5.92 Å². The Kier molecular flexibility index (Phi) is 2.10. The fraction of sp³-hybridized carbons (Fsp3) is 0.625. The average molecular weight is 181 g/mol. The number of carbonyl (C=O) groups is 1. The van der Waals surface area contributed by atoms with Crippen molar-refractivity contribution in [1.82, 2.24) is 5.32 Å². The van der Waals surface area contributed by atoms with Gasteiger partial charge in [0, 0.05) is 25.2 Å². The molecular formula is C8H11N3O2. The lowest BCUT2D eigenvalue weighted by Gasteiger charge is -2.24. The summed E-state index contributed by atoms with van der Waals surface area (Å²) in [4.78, 5) is 11.3. The second kappa shape index (κ2) is 3.26. The van der Waals surface area contributed by atoms with E-state index >= 15 is 0 Å². The molecule has 2 rings (SSSR count). The zero-order valence-corrected chi connectivity index (χ0v) is 7.36. The van der Waals surface area contributed by atoms with E-state index in [9.17, 15) is 4.79 Å². The molecule has 0 aromatic heterocycles. The van der Waals surface area contributed by atoms with Crippen LogP contribution in [0.15, 0.2) is 10.2 Å². The van der Waals surface area contributed by atoms with Crippen molar-refractivity contribution in [2.45, 2.75) is 0 Å². The fourth-order valence-corrected chi connectivity index (χ4v) is 1.65. The van der Waals surface area contributed by atoms with E-state index in [4.69, 9.17) is 0 Å². The fourth-order valence-electron chi connectivity index (χ4n) is 1.65. The summed E-state index contributed by atoms with van der Waals surface area (Å²) in [6.07, 6.45) is 1.76. The van der Waals surface area contributed by atoms with Crippen LogP contribution < -0.4 is 5.32 Å². The van der Waals surface area contributed by atoms with Gasteiger partial charge in [0.05, 0.1) is 12.8 Å². The molecule has 70 valence electrons. The lowest BCUT2D eigenvalue weighted by Crippen LogP contribution is -2.47. The zero-order valence-electron chi connectivity index (χ0n) is 7.36. The topological polar surface area (TPSA) is 63.0 Å². The van der Waals surface area contributed by atoms with Crippen LogP contribution in [0.1, 0.15) is 0 Å². The van der Waals surface area contributed by atoms with Crippen LogP contribution in [0.2, 0.25) is 0 Å². The number of ether oxygens (including phenoxy) is 1. The van der Waals surface area contributed by atoms with E-state index < -0.39 is 0 Å². The van der Waals surface area contributed by atoms with Gasteiger partial charge in [-0.1, -0.05) is 0 Å². The molecule has 0 bridgehead atoms. The number of esters is 1. The number of hydrogen-bond donors (Lipinski definition) is 1. The minimum absolute atomic E-state index is 0.179. The first-order valence-corrected chi connectivity index (χ1v) is 4.22. The van der Waals surface area contributed by atoms with Crippen LogP contribution in [0.5, 0.6) is 0 Å². The highest BCUT2D eigenvalue weighted by molar-refractivity contribution is 6.11. The largest absolute Gasteiger partial charge is 0.468 e. The van der Waals surface area contributed by atoms with Crippen LogP contribution in [-0.2, 0) is 9.53 Å². The Morgan fingerprint density at radius 2 is 2.54 bits per heavy atom. The van der Waals surface area contributed by atoms with Gasteiger partial charge in [-0.3, -0.25) is 4.79 Å². The van der Waals surface area contributed by atoms with Gasteiger partial charge in [-0.05, 0) is 0 Å². The van der Waals surface area contributed by atoms with E-state index in [2.05, 4.69) is 20.3 Å². The normalized spacial score (nSPS) is 31.0. The van der Waals surface area contributed by atoms with Crippen molar-refractivity contribution in [2.75, 3.05) is 20.2 Å². The van der Waals surface area contributed by atoms with Crippen LogP contribution in [-0.4, -0.2) is 38.1 Å². The highest BCUT2D eigenvalue weighted by atomic mass is 16.5. The third-order valence-corrected chi connectivity index (χ3v) is 2.36. The third kappa shape index (κ3) is 1.35. The molecule has 0 spiro atoms. The van der Waals surface area contributed by atoms with E-state index in [1.165, 1.54) is 7.11 Å². The van der Waals surface area contributed by atoms with Crippen LogP contribution in [0.3, 0.4) is 0 Å². The molecule has 1 fully saturated rings. The molecule has 0 radical (unpaired) electrons. The van der Waals surface area contributed by atoms with Gasteiger partial charge in [-0.15, -0.1) is 0 Å². The molecule has 2 aliphatic heterocycles. The molecule has 5 heteroatoms. The first-order chi connectivity index (χ1) is 6.33. The predicted molar refractivity (Wildman–Crippen MR) is 47.8 cm³/mol. The number of carbonyl (C=O) groups excluding carboxylic acids is 1. The Hall–Kier alpha value is -1.23. The molecular weight excluding hydrogens is 170 g/mol. The summed E-state index contributed by atoms with van der Waals surface area (Å²) >= 11 is 0. The highest BCUT2D eigenvalue weighted by Crippen LogP contribution is 2.17. The average Bonchev–Trinajstić information content (AvgIpc) is 2.63. The van der Waals surface area contributed by atoms with Gasteiger partial charge in [-0.25, -0.2) is 0 Å². The van der Waals surface area contributed by atoms with E-state index in [1.807, 2.05) is 0 Å². The maximum atomic E-state index is 11.3. The summed E-state index contributed by atoms with van der Waals surface area (Å²) in [5.74, 6) is -0.314. The molecule has 0 aromatic rings. The van der Waals surface area contributed by atoms with Gasteiger partial charge in [0.25, 0.3) is 0 Å². The van der Waals surface area contributed by atoms with Crippen LogP contribution in [0, 0.1) is 11.8 Å². The molecule has 0 aromatic carbocycles. The standard InChI is InChI=1S/C8H11N3O2/c1-13-8(12)6-4-9-2-5-3-10-11-7(5)6/h3,5-6,9H,2,4H2,1H3. The van der Waals surface area contributed by atoms with E-state index in [0.29, 0.717) is 6.54 Å². The number of rotatable bonds is 1. The van der Waals surface area contributed by atoms with Crippen molar-refractivity contribution in [3.8, 4) is 0 Å². The molecule has 1 N–H and O–H groups in total. The number of nitrogens with zero attached hydrogens (tertiary/aromatic N) is 2. The summed E-state index contributed by atoms with van der Waals surface area (Å²) < 4.78 is 4.68. The van der Waals surface area contributed by atoms with Gasteiger partial charge < -0.3 is 10.1 Å². The Morgan fingerprint density at radius 1 is 1.69 bits per heavy atom. The van der Waals surface area contributed by atoms with E-state index in [-0.39, 0.29) is 17.8 Å². The highest BCUT2D eigenvalue weighted by Gasteiger charge is 2.35. The monoisotopic (exact) mass is 181 g/mol. The lowest BCUT2D eigenvalue weighted by molar-refractivity contribution is -0.143. The molecule has 2 heterocycles. The number of piperidine rings is 1. The van der Waals surface area contributed by atoms with Crippen molar-refractivity contribution in [3.63, 3.8) is 0 Å². The Morgan fingerprint density at radius 3 is 3.31 bits per heavy atom. The third-order valence-electron chi connectivity index (χ3n) is 2.36. The van der Waals surface area contributed by atoms with Gasteiger partial charge in [0.15, 0.2) is 0 Å². The second-order valence-corrected chi connectivity index (χ2v) is 3.13. The predicted octanol–water partition coefficient (Wildman–Crippen LogP) is -0.565. The Balaban J connectivity index is 2.16. The molecule has 2 unspecified atom stereocenters. The first kappa shape index (κ1) is 8.37. The summed E-state index contributed by atoms with van der Waals surface area (Å²) in [5.41, 5.74) is 0.839. The summed E-state index contributed by atoms with van der Waals surface area (Å²) in [5, 5.41) is 10.9. The summed E-state index contributed by atoms with van der Waals surface area (Å²) in [6, 6.07) is 0. The van der Waals surface area contributed by atoms with Crippen LogP contribution >= 0.6 is 0 Å². The second-order valence-electron chi connectivity index (χ2n) is 3.13. The van der Waals surface area contributed by atoms with Crippen molar-refractivity contribution in [3.05, 3.63) is 0 Å². The number of fused-ring (bicyclic) bond motifs is 1. The maximum Gasteiger partial charge on any atom is 0.315 e. The Bertz CT molecular complexity index is 285. The zero-order chi connectivity index (χ0) is 9.26. The maximum absolute atomic E-state index is 11.3. The molecule has 2 atom stereocenters. The molecule has 13 heavy (non-hydrogen) atoms. The number of hydrogen-bond acceptors (Lipinski definition) is 5. The lowest BCUT2D eigenvalue weighted by atomic mass is 9.89. The minimum Gasteiger partial charge on any atom is -0.468 e. The first-order valence-electron chi connectivity index (χ1n) is 4.22. The van der Waals surface area contributed by atoms with Gasteiger partial charge in [-0.2, -0.15) is 10.2 Å². The molecule has 0 saturated carbocycles. The smallest absolute Gasteiger partial charge is 0.315 e. The van der Waals surface area contributed by atoms with Crippen molar-refractivity contribution >= 4 is 17.9 Å². The number of methoxy groups -OCH3 is 1. The number of nitrogens with one attached hydrogen (secondary N) is 1. The minimum atomic E-state index is -0.258. The molecule has 0 aliphatic carbocycles. The van der Waals surface area contributed by atoms with E-state index in [1.54, 1.807) is 6.21 Å². The van der Waals surface area contributed by atoms with Crippen molar-refractivity contribution in [2.24, 2.45) is 22.0 Å². The van der Waals surface area contributed by atoms with Crippen molar-refractivity contribution < 1.29 is 9.53 Å². The van der Waals surface area contributed by atoms with Crippen molar-refractivity contribution in [1.29, 1.82) is 0 Å². The van der Waals surface area contributed by atoms with Crippen LogP contribution in [0.25, 0.3) is 0 Å². The Labute approximate surface area is 75.9 Å². The van der Waals surface area contributed by atoms with Crippen LogP contribution in [0.4, 0.5) is 0 Å². The molecule has 5 nitrogen and oxygen atoms in total. The summed E-state index contributed by atoms with van der Waals surface area (Å²) in [6.45, 7) is 1.42. The van der Waals surface area contributed by atoms with Gasteiger partial charge in [0.2, 0.25) is 0 Å². The molecule has 2 aliphatic rings. The SMILES string of the molecule is COC(=O)C1CNCC2C=NN=C21.